The molecule has 5 aromatic heterocycles. The highest BCUT2D eigenvalue weighted by Gasteiger charge is 2.38. The monoisotopic (exact) mass is 465 g/mol. The molecular formula is C21H17F2N9O2. The maximum absolute atomic E-state index is 13.5. The van der Waals surface area contributed by atoms with Crippen LogP contribution in [0.5, 0.6) is 0 Å². The Kier molecular flexibility index (Phi) is 4.50. The molecule has 1 aliphatic heterocycles. The zero-order chi connectivity index (χ0) is 23.4. The number of hydrogen-bond acceptors (Lipinski definition) is 7. The summed E-state index contributed by atoms with van der Waals surface area (Å²) in [4.78, 5) is 22.6. The van der Waals surface area contributed by atoms with Gasteiger partial charge in [0, 0.05) is 30.6 Å². The van der Waals surface area contributed by atoms with Gasteiger partial charge in [-0.1, -0.05) is 6.07 Å². The topological polar surface area (TPSA) is 123 Å². The van der Waals surface area contributed by atoms with Crippen molar-refractivity contribution in [2.24, 2.45) is 0 Å². The Morgan fingerprint density at radius 2 is 2.12 bits per heavy atom. The normalized spacial score (nSPS) is 15.9. The van der Waals surface area contributed by atoms with Gasteiger partial charge in [-0.25, -0.2) is 14.2 Å². The van der Waals surface area contributed by atoms with E-state index < -0.39 is 18.5 Å². The Labute approximate surface area is 190 Å². The van der Waals surface area contributed by atoms with Crippen molar-refractivity contribution in [2.75, 3.05) is 6.54 Å². The molecule has 0 saturated heterocycles. The summed E-state index contributed by atoms with van der Waals surface area (Å²) >= 11 is 0. The Morgan fingerprint density at radius 1 is 1.24 bits per heavy atom. The van der Waals surface area contributed by atoms with Gasteiger partial charge in [-0.3, -0.25) is 4.79 Å². The van der Waals surface area contributed by atoms with E-state index in [1.165, 1.54) is 6.07 Å². The quantitative estimate of drug-likeness (QED) is 0.433. The van der Waals surface area contributed by atoms with Crippen LogP contribution in [-0.4, -0.2) is 56.9 Å². The molecule has 1 aliphatic rings. The number of H-pyrrole nitrogens is 1. The van der Waals surface area contributed by atoms with Crippen LogP contribution in [0.15, 0.2) is 47.3 Å². The van der Waals surface area contributed by atoms with Crippen LogP contribution in [0, 0.1) is 6.92 Å². The number of carbonyl (C=O) groups excluding carboxylic acids is 1. The lowest BCUT2D eigenvalue weighted by Crippen LogP contribution is -2.41. The Bertz CT molecular complexity index is 1520. The summed E-state index contributed by atoms with van der Waals surface area (Å²) in [5.74, 6) is -0.912. The summed E-state index contributed by atoms with van der Waals surface area (Å²) in [7, 11) is 0. The number of nitrogens with zero attached hydrogens (tertiary/aromatic N) is 8. The zero-order valence-corrected chi connectivity index (χ0v) is 17.8. The largest absolute Gasteiger partial charge is 0.411 e. The van der Waals surface area contributed by atoms with Gasteiger partial charge in [0.15, 0.2) is 0 Å². The van der Waals surface area contributed by atoms with E-state index in [9.17, 15) is 13.6 Å². The van der Waals surface area contributed by atoms with Crippen LogP contribution >= 0.6 is 0 Å². The lowest BCUT2D eigenvalue weighted by Gasteiger charge is -2.32. The third kappa shape index (κ3) is 3.16. The maximum Gasteiger partial charge on any atom is 0.333 e. The van der Waals surface area contributed by atoms with Gasteiger partial charge in [-0.15, -0.1) is 10.2 Å². The second-order valence-electron chi connectivity index (χ2n) is 7.86. The number of amides is 1. The average Bonchev–Trinajstić information content (AvgIpc) is 3.62. The van der Waals surface area contributed by atoms with Crippen LogP contribution < -0.4 is 0 Å². The van der Waals surface area contributed by atoms with E-state index in [4.69, 9.17) is 9.52 Å². The van der Waals surface area contributed by atoms with Crippen LogP contribution in [0.1, 0.15) is 46.1 Å². The van der Waals surface area contributed by atoms with Gasteiger partial charge in [0.25, 0.3) is 5.89 Å². The molecule has 13 heteroatoms. The van der Waals surface area contributed by atoms with Gasteiger partial charge in [0.2, 0.25) is 0 Å². The van der Waals surface area contributed by atoms with Crippen LogP contribution in [-0.2, 0) is 6.42 Å². The minimum Gasteiger partial charge on any atom is -0.411 e. The predicted molar refractivity (Wildman–Crippen MR) is 112 cm³/mol. The number of aromatic nitrogens is 8. The van der Waals surface area contributed by atoms with Gasteiger partial charge in [0.05, 0.1) is 23.2 Å². The van der Waals surface area contributed by atoms with Crippen LogP contribution in [0.3, 0.4) is 0 Å². The van der Waals surface area contributed by atoms with E-state index in [-0.39, 0.29) is 17.5 Å². The number of halogens is 2. The molecule has 34 heavy (non-hydrogen) atoms. The highest BCUT2D eigenvalue weighted by atomic mass is 19.3. The number of carbonyl (C=O) groups is 1. The van der Waals surface area contributed by atoms with Crippen molar-refractivity contribution in [3.8, 4) is 11.6 Å². The van der Waals surface area contributed by atoms with Crippen molar-refractivity contribution in [1.29, 1.82) is 0 Å². The van der Waals surface area contributed by atoms with Gasteiger partial charge in [-0.05, 0) is 31.2 Å². The second-order valence-corrected chi connectivity index (χ2v) is 7.86. The first-order valence-electron chi connectivity index (χ1n) is 10.4. The van der Waals surface area contributed by atoms with Crippen molar-refractivity contribution in [2.45, 2.75) is 25.9 Å². The molecule has 0 aromatic carbocycles. The first kappa shape index (κ1) is 20.2. The summed E-state index contributed by atoms with van der Waals surface area (Å²) in [6.45, 7) is -0.490. The first-order chi connectivity index (χ1) is 16.5. The van der Waals surface area contributed by atoms with Crippen molar-refractivity contribution in [1.82, 2.24) is 44.5 Å². The summed E-state index contributed by atoms with van der Waals surface area (Å²) in [6.07, 6.45) is 3.25. The van der Waals surface area contributed by atoms with E-state index in [0.717, 1.165) is 23.1 Å². The molecule has 1 unspecified atom stereocenters. The molecular weight excluding hydrogens is 448 g/mol. The van der Waals surface area contributed by atoms with Gasteiger partial charge < -0.3 is 14.3 Å². The van der Waals surface area contributed by atoms with Crippen molar-refractivity contribution in [3.63, 3.8) is 0 Å². The maximum atomic E-state index is 13.5. The van der Waals surface area contributed by atoms with Crippen LogP contribution in [0.2, 0.25) is 0 Å². The molecule has 0 fully saturated rings. The van der Waals surface area contributed by atoms with E-state index in [1.54, 1.807) is 11.2 Å². The molecule has 1 amide bonds. The zero-order valence-electron chi connectivity index (χ0n) is 17.8. The minimum absolute atomic E-state index is 0.0486. The van der Waals surface area contributed by atoms with Gasteiger partial charge in [0.1, 0.15) is 11.7 Å². The first-order valence-corrected chi connectivity index (χ1v) is 10.4. The Balaban J connectivity index is 1.37. The fourth-order valence-electron chi connectivity index (χ4n) is 4.20. The minimum atomic E-state index is -2.80. The number of alkyl halides is 2. The van der Waals surface area contributed by atoms with Crippen LogP contribution in [0.4, 0.5) is 8.78 Å². The van der Waals surface area contributed by atoms with Crippen molar-refractivity contribution >= 4 is 11.4 Å². The molecule has 6 rings (SSSR count). The van der Waals surface area contributed by atoms with E-state index in [1.807, 2.05) is 35.7 Å². The molecule has 0 radical (unpaired) electrons. The number of imidazole rings is 1. The van der Waals surface area contributed by atoms with Crippen molar-refractivity contribution in [3.05, 3.63) is 71.5 Å². The number of fused-ring (bicyclic) bond motifs is 2. The fraction of sp³-hybridized carbons (Fsp3) is 0.238. The van der Waals surface area contributed by atoms with Gasteiger partial charge in [-0.2, -0.15) is 19.0 Å². The molecule has 0 aliphatic carbocycles. The highest BCUT2D eigenvalue weighted by Crippen LogP contribution is 2.34. The number of aromatic amines is 1. The van der Waals surface area contributed by atoms with E-state index >= 15 is 0 Å². The molecule has 0 bridgehead atoms. The van der Waals surface area contributed by atoms with E-state index in [0.29, 0.717) is 29.0 Å². The number of rotatable bonds is 4. The number of aryl methyl sites for hydroxylation is 1. The lowest BCUT2D eigenvalue weighted by atomic mass is 9.99. The van der Waals surface area contributed by atoms with E-state index in [2.05, 4.69) is 25.3 Å². The molecule has 172 valence electrons. The smallest absolute Gasteiger partial charge is 0.333 e. The number of nitrogens with one attached hydrogen (secondary N) is 1. The standard InChI is InChI=1S/C21H17F2N9O2/c1-11-3-2-4-12-9-15(29-32(11)12)17-16-13(24-10-25-16)5-7-30(17)20(33)19-27-26-18(34-19)14-6-8-31(28-14)21(22)23/h2-4,6,8-10,17,21H,5,7H2,1H3,(H,24,25). The molecule has 0 saturated carbocycles. The summed E-state index contributed by atoms with van der Waals surface area (Å²) in [6, 6.07) is 8.48. The summed E-state index contributed by atoms with van der Waals surface area (Å²) < 4.78 is 33.5. The molecule has 5 aromatic rings. The lowest BCUT2D eigenvalue weighted by molar-refractivity contribution is 0.0566. The molecule has 11 nitrogen and oxygen atoms in total. The molecule has 0 spiro atoms. The fourth-order valence-corrected chi connectivity index (χ4v) is 4.20. The number of hydrogen-bond donors (Lipinski definition) is 1. The molecule has 1 atom stereocenters. The average molecular weight is 465 g/mol. The van der Waals surface area contributed by atoms with Crippen LogP contribution in [0.25, 0.3) is 17.1 Å². The Hall–Kier alpha value is -4.42. The number of pyridine rings is 1. The SMILES string of the molecule is Cc1cccc2cc(C3c4nc[nH]c4CCN3C(=O)c3nnc(-c4ccn(C(F)F)n4)o3)nn12. The Morgan fingerprint density at radius 3 is 2.91 bits per heavy atom. The third-order valence-corrected chi connectivity index (χ3v) is 5.80. The molecule has 6 heterocycles. The second kappa shape index (κ2) is 7.57. The predicted octanol–water partition coefficient (Wildman–Crippen LogP) is 2.80. The van der Waals surface area contributed by atoms with Gasteiger partial charge >= 0.3 is 18.3 Å². The highest BCUT2D eigenvalue weighted by molar-refractivity contribution is 5.90. The molecule has 1 N–H and O–H groups in total. The summed E-state index contributed by atoms with van der Waals surface area (Å²) in [5.41, 5.74) is 4.14. The third-order valence-electron chi connectivity index (χ3n) is 5.80. The summed E-state index contributed by atoms with van der Waals surface area (Å²) in [5, 5.41) is 16.1. The van der Waals surface area contributed by atoms with Crippen molar-refractivity contribution < 1.29 is 18.0 Å².